The van der Waals surface area contributed by atoms with Gasteiger partial charge in [0.25, 0.3) is 0 Å². The second kappa shape index (κ2) is 8.39. The lowest BCUT2D eigenvalue weighted by Crippen LogP contribution is -2.44. The molecular formula is C20H31N5. The van der Waals surface area contributed by atoms with Gasteiger partial charge in [-0.2, -0.15) is 0 Å². The number of aromatic amines is 1. The lowest BCUT2D eigenvalue weighted by atomic mass is 9.99. The van der Waals surface area contributed by atoms with Gasteiger partial charge in [0.1, 0.15) is 0 Å². The maximum Gasteiger partial charge on any atom is 0.190 e. The lowest BCUT2D eigenvalue weighted by molar-refractivity contribution is 0.210. The fourth-order valence-corrected chi connectivity index (χ4v) is 3.79. The highest BCUT2D eigenvalue weighted by atomic mass is 15.2. The molecule has 1 saturated heterocycles. The van der Waals surface area contributed by atoms with E-state index in [9.17, 15) is 0 Å². The van der Waals surface area contributed by atoms with Gasteiger partial charge in [-0.05, 0) is 56.8 Å². The number of aliphatic imine (C=N–C) groups is 1. The van der Waals surface area contributed by atoms with Crippen molar-refractivity contribution in [1.82, 2.24) is 20.5 Å². The first-order valence-corrected chi connectivity index (χ1v) is 9.36. The number of guanidine groups is 1. The second-order valence-corrected chi connectivity index (χ2v) is 7.21. The highest BCUT2D eigenvalue weighted by Gasteiger charge is 2.17. The number of benzene rings is 1. The zero-order chi connectivity index (χ0) is 17.6. The summed E-state index contributed by atoms with van der Waals surface area (Å²) in [5.74, 6) is 1.62. The van der Waals surface area contributed by atoms with E-state index in [4.69, 9.17) is 0 Å². The van der Waals surface area contributed by atoms with Gasteiger partial charge in [0.05, 0.1) is 0 Å². The molecule has 0 spiro atoms. The molecule has 5 nitrogen and oxygen atoms in total. The molecule has 3 rings (SSSR count). The number of aromatic nitrogens is 1. The Morgan fingerprint density at radius 1 is 1.36 bits per heavy atom. The second-order valence-electron chi connectivity index (χ2n) is 7.21. The molecule has 1 fully saturated rings. The van der Waals surface area contributed by atoms with Gasteiger partial charge in [-0.15, -0.1) is 0 Å². The monoisotopic (exact) mass is 341 g/mol. The number of likely N-dealkylation sites (tertiary alicyclic amines) is 1. The summed E-state index contributed by atoms with van der Waals surface area (Å²) in [5, 5.41) is 8.27. The minimum Gasteiger partial charge on any atom is -0.361 e. The third-order valence-electron chi connectivity index (χ3n) is 5.20. The molecule has 2 aromatic rings. The van der Waals surface area contributed by atoms with E-state index in [0.717, 1.165) is 25.5 Å². The molecule has 0 radical (unpaired) electrons. The van der Waals surface area contributed by atoms with Crippen molar-refractivity contribution in [2.45, 2.75) is 26.2 Å². The van der Waals surface area contributed by atoms with Crippen LogP contribution in [0.1, 0.15) is 24.0 Å². The predicted octanol–water partition coefficient (Wildman–Crippen LogP) is 2.53. The average molecular weight is 342 g/mol. The topological polar surface area (TPSA) is 55.5 Å². The number of nitrogens with zero attached hydrogens (tertiary/aromatic N) is 2. The Labute approximate surface area is 150 Å². The van der Waals surface area contributed by atoms with Crippen molar-refractivity contribution < 1.29 is 0 Å². The van der Waals surface area contributed by atoms with Crippen molar-refractivity contribution in [3.05, 3.63) is 35.5 Å². The van der Waals surface area contributed by atoms with Crippen molar-refractivity contribution in [3.63, 3.8) is 0 Å². The Balaban J connectivity index is 1.47. The first kappa shape index (κ1) is 17.8. The maximum atomic E-state index is 4.36. The molecule has 0 aliphatic carbocycles. The minimum absolute atomic E-state index is 0.717. The van der Waals surface area contributed by atoms with Gasteiger partial charge < -0.3 is 20.5 Å². The SMILES string of the molecule is CN=C(NCCc1c[nH]c2c(C)cccc12)NCC1CCCN(C)C1. The van der Waals surface area contributed by atoms with Crippen LogP contribution < -0.4 is 10.6 Å². The van der Waals surface area contributed by atoms with Gasteiger partial charge in [-0.3, -0.25) is 4.99 Å². The largest absolute Gasteiger partial charge is 0.361 e. The summed E-state index contributed by atoms with van der Waals surface area (Å²) in [7, 11) is 4.06. The molecule has 1 aliphatic heterocycles. The summed E-state index contributed by atoms with van der Waals surface area (Å²) in [4.78, 5) is 10.2. The van der Waals surface area contributed by atoms with Crippen LogP contribution in [0.15, 0.2) is 29.4 Å². The fourth-order valence-electron chi connectivity index (χ4n) is 3.79. The summed E-state index contributed by atoms with van der Waals surface area (Å²) in [6.07, 6.45) is 5.72. The van der Waals surface area contributed by atoms with Gasteiger partial charge in [0, 0.05) is 43.8 Å². The van der Waals surface area contributed by atoms with E-state index < -0.39 is 0 Å². The molecule has 1 atom stereocenters. The van der Waals surface area contributed by atoms with Crippen molar-refractivity contribution >= 4 is 16.9 Å². The Morgan fingerprint density at radius 2 is 2.24 bits per heavy atom. The molecule has 0 saturated carbocycles. The molecule has 1 unspecified atom stereocenters. The zero-order valence-electron chi connectivity index (χ0n) is 15.7. The number of rotatable bonds is 5. The Kier molecular flexibility index (Phi) is 5.97. The molecule has 136 valence electrons. The van der Waals surface area contributed by atoms with Crippen LogP contribution in [0.3, 0.4) is 0 Å². The summed E-state index contributed by atoms with van der Waals surface area (Å²) in [5.41, 5.74) is 3.91. The quantitative estimate of drug-likeness (QED) is 0.579. The van der Waals surface area contributed by atoms with Crippen LogP contribution in [0.25, 0.3) is 10.9 Å². The molecular weight excluding hydrogens is 310 g/mol. The number of nitrogens with one attached hydrogen (secondary N) is 3. The van der Waals surface area contributed by atoms with Crippen LogP contribution in [0.2, 0.25) is 0 Å². The number of H-pyrrole nitrogens is 1. The van der Waals surface area contributed by atoms with Crippen LogP contribution in [0.5, 0.6) is 0 Å². The fraction of sp³-hybridized carbons (Fsp3) is 0.550. The molecule has 0 amide bonds. The Morgan fingerprint density at radius 3 is 3.04 bits per heavy atom. The van der Waals surface area contributed by atoms with Crippen LogP contribution >= 0.6 is 0 Å². The number of piperidine rings is 1. The van der Waals surface area contributed by atoms with Gasteiger partial charge in [-0.1, -0.05) is 18.2 Å². The molecule has 2 heterocycles. The number of hydrogen-bond donors (Lipinski definition) is 3. The number of aryl methyl sites for hydroxylation is 1. The standard InChI is InChI=1S/C20H31N5/c1-15-6-4-8-18-17(13-23-19(15)18)9-10-22-20(21-2)24-12-16-7-5-11-25(3)14-16/h4,6,8,13,16,23H,5,7,9-12,14H2,1-3H3,(H2,21,22,24). The van der Waals surface area contributed by atoms with Gasteiger partial charge >= 0.3 is 0 Å². The van der Waals surface area contributed by atoms with Crippen molar-refractivity contribution in [2.24, 2.45) is 10.9 Å². The molecule has 1 aliphatic rings. The average Bonchev–Trinajstić information content (AvgIpc) is 3.02. The summed E-state index contributed by atoms with van der Waals surface area (Å²) in [6, 6.07) is 6.47. The molecule has 5 heteroatoms. The van der Waals surface area contributed by atoms with Crippen LogP contribution in [0.4, 0.5) is 0 Å². The highest BCUT2D eigenvalue weighted by Crippen LogP contribution is 2.21. The van der Waals surface area contributed by atoms with E-state index in [2.05, 4.69) is 63.9 Å². The molecule has 1 aromatic heterocycles. The van der Waals surface area contributed by atoms with Crippen LogP contribution in [-0.4, -0.2) is 56.1 Å². The molecule has 1 aromatic carbocycles. The summed E-state index contributed by atoms with van der Waals surface area (Å²) in [6.45, 7) is 6.43. The Bertz CT molecular complexity index is 718. The maximum absolute atomic E-state index is 4.36. The minimum atomic E-state index is 0.717. The number of para-hydroxylation sites is 1. The predicted molar refractivity (Wildman–Crippen MR) is 106 cm³/mol. The number of hydrogen-bond acceptors (Lipinski definition) is 2. The van der Waals surface area contributed by atoms with Crippen LogP contribution in [0, 0.1) is 12.8 Å². The van der Waals surface area contributed by atoms with Crippen molar-refractivity contribution in [3.8, 4) is 0 Å². The Hall–Kier alpha value is -2.01. The number of fused-ring (bicyclic) bond motifs is 1. The van der Waals surface area contributed by atoms with E-state index >= 15 is 0 Å². The third-order valence-corrected chi connectivity index (χ3v) is 5.20. The van der Waals surface area contributed by atoms with Gasteiger partial charge in [0.15, 0.2) is 5.96 Å². The first-order valence-electron chi connectivity index (χ1n) is 9.36. The third kappa shape index (κ3) is 4.54. The zero-order valence-corrected chi connectivity index (χ0v) is 15.7. The van der Waals surface area contributed by atoms with Gasteiger partial charge in [0.2, 0.25) is 0 Å². The smallest absolute Gasteiger partial charge is 0.190 e. The highest BCUT2D eigenvalue weighted by molar-refractivity contribution is 5.86. The van der Waals surface area contributed by atoms with E-state index in [1.165, 1.54) is 48.0 Å². The van der Waals surface area contributed by atoms with Crippen molar-refractivity contribution in [2.75, 3.05) is 40.3 Å². The normalized spacial score (nSPS) is 19.3. The molecule has 0 bridgehead atoms. The van der Waals surface area contributed by atoms with E-state index in [-0.39, 0.29) is 0 Å². The molecule has 25 heavy (non-hydrogen) atoms. The molecule has 3 N–H and O–H groups in total. The first-order chi connectivity index (χ1) is 12.2. The van der Waals surface area contributed by atoms with Gasteiger partial charge in [-0.25, -0.2) is 0 Å². The summed E-state index contributed by atoms with van der Waals surface area (Å²) < 4.78 is 0. The van der Waals surface area contributed by atoms with E-state index in [0.29, 0.717) is 5.92 Å². The lowest BCUT2D eigenvalue weighted by Gasteiger charge is -2.30. The van der Waals surface area contributed by atoms with Crippen LogP contribution in [-0.2, 0) is 6.42 Å². The van der Waals surface area contributed by atoms with Crippen molar-refractivity contribution in [1.29, 1.82) is 0 Å². The summed E-state index contributed by atoms with van der Waals surface area (Å²) >= 11 is 0. The van der Waals surface area contributed by atoms with E-state index in [1.54, 1.807) is 0 Å². The van der Waals surface area contributed by atoms with E-state index in [1.807, 2.05) is 7.05 Å².